The van der Waals surface area contributed by atoms with Crippen molar-refractivity contribution in [1.29, 1.82) is 0 Å². The third-order valence-electron chi connectivity index (χ3n) is 3.13. The number of esters is 3. The van der Waals surface area contributed by atoms with Gasteiger partial charge in [-0.25, -0.2) is 4.79 Å². The lowest BCUT2D eigenvalue weighted by Gasteiger charge is -2.09. The van der Waals surface area contributed by atoms with Crippen molar-refractivity contribution in [3.8, 4) is 17.2 Å². The molecule has 0 unspecified atom stereocenters. The van der Waals surface area contributed by atoms with Crippen molar-refractivity contribution < 1.29 is 33.5 Å². The van der Waals surface area contributed by atoms with Gasteiger partial charge in [0.05, 0.1) is 11.0 Å². The van der Waals surface area contributed by atoms with Gasteiger partial charge in [0.15, 0.2) is 11.5 Å². The lowest BCUT2D eigenvalue weighted by Crippen LogP contribution is -2.07. The molecule has 0 aliphatic carbocycles. The maximum absolute atomic E-state index is 11.9. The number of non-ortho nitro benzene ring substituents is 1. The molecule has 9 nitrogen and oxygen atoms in total. The molecule has 144 valence electrons. The monoisotopic (exact) mass is 385 g/mol. The Morgan fingerprint density at radius 2 is 1.61 bits per heavy atom. The molecule has 0 bridgehead atoms. The molecular formula is C19H15NO8. The fourth-order valence-corrected chi connectivity index (χ4v) is 2.08. The fraction of sp³-hybridized carbons (Fsp3) is 0.105. The van der Waals surface area contributed by atoms with Gasteiger partial charge in [0.25, 0.3) is 5.69 Å². The summed E-state index contributed by atoms with van der Waals surface area (Å²) in [5.74, 6) is -1.87. The van der Waals surface area contributed by atoms with Gasteiger partial charge in [-0.05, 0) is 29.8 Å². The van der Waals surface area contributed by atoms with E-state index >= 15 is 0 Å². The minimum Gasteiger partial charge on any atom is -0.423 e. The highest BCUT2D eigenvalue weighted by molar-refractivity contribution is 5.89. The third kappa shape index (κ3) is 6.06. The molecule has 2 rings (SSSR count). The summed E-state index contributed by atoms with van der Waals surface area (Å²) in [5.41, 5.74) is 0.254. The van der Waals surface area contributed by atoms with E-state index in [1.54, 1.807) is 0 Å². The number of rotatable bonds is 6. The smallest absolute Gasteiger partial charge is 0.336 e. The molecule has 0 spiro atoms. The lowest BCUT2D eigenvalue weighted by atomic mass is 10.2. The van der Waals surface area contributed by atoms with Crippen molar-refractivity contribution in [2.75, 3.05) is 0 Å². The summed E-state index contributed by atoms with van der Waals surface area (Å²) < 4.78 is 15.0. The Balaban J connectivity index is 2.15. The van der Waals surface area contributed by atoms with Crippen molar-refractivity contribution in [2.45, 2.75) is 13.8 Å². The molecule has 0 aliphatic heterocycles. The SMILES string of the molecule is CC(=O)Oc1ccc(/C=C/C(=O)Oc2cccc([N+](=O)[O-])c2)cc1OC(C)=O. The molecule has 0 amide bonds. The molecule has 2 aromatic carbocycles. The second-order valence-electron chi connectivity index (χ2n) is 5.40. The van der Waals surface area contributed by atoms with Gasteiger partial charge >= 0.3 is 17.9 Å². The Kier molecular flexibility index (Phi) is 6.58. The normalized spacial score (nSPS) is 10.4. The Morgan fingerprint density at radius 1 is 0.929 bits per heavy atom. The van der Waals surface area contributed by atoms with E-state index in [4.69, 9.17) is 14.2 Å². The standard InChI is InChI=1S/C19H15NO8/c1-12(21)26-17-8-6-14(10-18(17)27-13(2)22)7-9-19(23)28-16-5-3-4-15(11-16)20(24)25/h3-11H,1-2H3/b9-7+. The van der Waals surface area contributed by atoms with Crippen LogP contribution in [-0.4, -0.2) is 22.8 Å². The number of carbonyl (C=O) groups excluding carboxylic acids is 3. The van der Waals surface area contributed by atoms with Gasteiger partial charge in [-0.2, -0.15) is 0 Å². The van der Waals surface area contributed by atoms with E-state index in [-0.39, 0.29) is 22.9 Å². The van der Waals surface area contributed by atoms with Crippen LogP contribution in [-0.2, 0) is 14.4 Å². The number of nitro benzene ring substituents is 1. The predicted octanol–water partition coefficient (Wildman–Crippen LogP) is 3.06. The summed E-state index contributed by atoms with van der Waals surface area (Å²) in [6, 6.07) is 9.53. The number of nitrogens with zero attached hydrogens (tertiary/aromatic N) is 1. The first kappa shape index (κ1) is 20.3. The Bertz CT molecular complexity index is 964. The van der Waals surface area contributed by atoms with Crippen molar-refractivity contribution in [1.82, 2.24) is 0 Å². The predicted molar refractivity (Wildman–Crippen MR) is 96.8 cm³/mol. The van der Waals surface area contributed by atoms with Gasteiger partial charge in [-0.1, -0.05) is 12.1 Å². The number of benzene rings is 2. The minimum absolute atomic E-state index is 0.0110. The van der Waals surface area contributed by atoms with E-state index in [1.165, 1.54) is 56.3 Å². The van der Waals surface area contributed by atoms with Crippen molar-refractivity contribution in [3.05, 3.63) is 64.2 Å². The molecule has 0 atom stereocenters. The van der Waals surface area contributed by atoms with Crippen LogP contribution in [0.4, 0.5) is 5.69 Å². The highest BCUT2D eigenvalue weighted by Gasteiger charge is 2.11. The molecule has 0 aromatic heterocycles. The maximum Gasteiger partial charge on any atom is 0.336 e. The molecule has 9 heteroatoms. The van der Waals surface area contributed by atoms with E-state index < -0.39 is 22.8 Å². The van der Waals surface area contributed by atoms with E-state index in [9.17, 15) is 24.5 Å². The number of nitro groups is 1. The third-order valence-corrected chi connectivity index (χ3v) is 3.13. The second-order valence-corrected chi connectivity index (χ2v) is 5.40. The molecule has 28 heavy (non-hydrogen) atoms. The van der Waals surface area contributed by atoms with E-state index in [2.05, 4.69) is 0 Å². The Labute approximate surface area is 159 Å². The van der Waals surface area contributed by atoms with Crippen LogP contribution in [0.25, 0.3) is 6.08 Å². The number of hydrogen-bond donors (Lipinski definition) is 0. The zero-order valence-corrected chi connectivity index (χ0v) is 14.9. The van der Waals surface area contributed by atoms with Crippen LogP contribution in [0.3, 0.4) is 0 Å². The molecule has 0 aliphatic rings. The zero-order chi connectivity index (χ0) is 20.7. The fourth-order valence-electron chi connectivity index (χ4n) is 2.08. The maximum atomic E-state index is 11.9. The lowest BCUT2D eigenvalue weighted by molar-refractivity contribution is -0.384. The summed E-state index contributed by atoms with van der Waals surface area (Å²) in [7, 11) is 0. The Morgan fingerprint density at radius 3 is 2.25 bits per heavy atom. The zero-order valence-electron chi connectivity index (χ0n) is 14.9. The quantitative estimate of drug-likeness (QED) is 0.244. The molecule has 0 saturated carbocycles. The molecule has 0 fully saturated rings. The van der Waals surface area contributed by atoms with E-state index in [0.717, 1.165) is 12.1 Å². The van der Waals surface area contributed by atoms with Crippen LogP contribution in [0, 0.1) is 10.1 Å². The topological polar surface area (TPSA) is 122 Å². The summed E-state index contributed by atoms with van der Waals surface area (Å²) in [6.45, 7) is 2.39. The summed E-state index contributed by atoms with van der Waals surface area (Å²) in [6.07, 6.45) is 2.47. The van der Waals surface area contributed by atoms with Crippen LogP contribution < -0.4 is 14.2 Å². The first-order valence-corrected chi connectivity index (χ1v) is 7.90. The van der Waals surface area contributed by atoms with Gasteiger partial charge in [0.2, 0.25) is 0 Å². The number of ether oxygens (including phenoxy) is 3. The molecule has 0 N–H and O–H groups in total. The summed E-state index contributed by atoms with van der Waals surface area (Å²) in [5, 5.41) is 10.7. The summed E-state index contributed by atoms with van der Waals surface area (Å²) >= 11 is 0. The molecule has 0 radical (unpaired) electrons. The van der Waals surface area contributed by atoms with E-state index in [0.29, 0.717) is 5.56 Å². The van der Waals surface area contributed by atoms with Crippen LogP contribution in [0.15, 0.2) is 48.5 Å². The second kappa shape index (κ2) is 9.08. The highest BCUT2D eigenvalue weighted by Crippen LogP contribution is 2.29. The van der Waals surface area contributed by atoms with Gasteiger partial charge in [-0.15, -0.1) is 0 Å². The average Bonchev–Trinajstić information content (AvgIpc) is 2.61. The molecule has 0 heterocycles. The van der Waals surface area contributed by atoms with Gasteiger partial charge < -0.3 is 14.2 Å². The van der Waals surface area contributed by atoms with Crippen molar-refractivity contribution >= 4 is 29.7 Å². The van der Waals surface area contributed by atoms with Gasteiger partial charge in [0, 0.05) is 26.0 Å². The van der Waals surface area contributed by atoms with Gasteiger partial charge in [-0.3, -0.25) is 19.7 Å². The Hall–Kier alpha value is -4.01. The van der Waals surface area contributed by atoms with E-state index in [1.807, 2.05) is 0 Å². The molecule has 2 aromatic rings. The number of hydrogen-bond acceptors (Lipinski definition) is 8. The van der Waals surface area contributed by atoms with Crippen LogP contribution in [0.5, 0.6) is 17.2 Å². The minimum atomic E-state index is -0.765. The highest BCUT2D eigenvalue weighted by atomic mass is 16.6. The molecular weight excluding hydrogens is 370 g/mol. The summed E-state index contributed by atoms with van der Waals surface area (Å²) in [4.78, 5) is 44.4. The average molecular weight is 385 g/mol. The first-order chi connectivity index (χ1) is 13.2. The molecule has 0 saturated heterocycles. The number of carbonyl (C=O) groups is 3. The van der Waals surface area contributed by atoms with Crippen molar-refractivity contribution in [3.63, 3.8) is 0 Å². The first-order valence-electron chi connectivity index (χ1n) is 7.90. The van der Waals surface area contributed by atoms with Crippen molar-refractivity contribution in [2.24, 2.45) is 0 Å². The van der Waals surface area contributed by atoms with Crippen LogP contribution >= 0.6 is 0 Å². The van der Waals surface area contributed by atoms with Gasteiger partial charge in [0.1, 0.15) is 5.75 Å². The largest absolute Gasteiger partial charge is 0.423 e. The van der Waals surface area contributed by atoms with Crippen LogP contribution in [0.1, 0.15) is 19.4 Å². The van der Waals surface area contributed by atoms with Crippen LogP contribution in [0.2, 0.25) is 0 Å².